The highest BCUT2D eigenvalue weighted by atomic mass is 16.8. The second kappa shape index (κ2) is 8.21. The molecule has 2 aromatic carbocycles. The Hall–Kier alpha value is -3.23. The lowest BCUT2D eigenvalue weighted by Crippen LogP contribution is -2.57. The number of hydrogen-bond donors (Lipinski definition) is 0. The van der Waals surface area contributed by atoms with Crippen molar-refractivity contribution in [1.29, 1.82) is 0 Å². The Bertz CT molecular complexity index is 1100. The number of fused-ring (bicyclic) bond motifs is 2. The number of ether oxygens (including phenoxy) is 3. The van der Waals surface area contributed by atoms with Crippen molar-refractivity contribution in [2.75, 3.05) is 7.11 Å². The van der Waals surface area contributed by atoms with Crippen LogP contribution in [0.5, 0.6) is 0 Å². The molecule has 1 aliphatic carbocycles. The van der Waals surface area contributed by atoms with E-state index in [9.17, 15) is 14.4 Å². The van der Waals surface area contributed by atoms with Crippen LogP contribution in [0, 0.1) is 5.92 Å². The van der Waals surface area contributed by atoms with Crippen molar-refractivity contribution < 1.29 is 28.6 Å². The van der Waals surface area contributed by atoms with Gasteiger partial charge in [-0.3, -0.25) is 14.5 Å². The van der Waals surface area contributed by atoms with Gasteiger partial charge in [0.15, 0.2) is 11.3 Å². The topological polar surface area (TPSA) is 85.4 Å². The molecule has 3 amide bonds. The first-order valence-corrected chi connectivity index (χ1v) is 11.4. The highest BCUT2D eigenvalue weighted by Gasteiger charge is 2.73. The monoisotopic (exact) mass is 464 g/mol. The van der Waals surface area contributed by atoms with E-state index in [1.165, 1.54) is 12.0 Å². The number of carbonyl (C=O) groups excluding carboxylic acids is 3. The van der Waals surface area contributed by atoms with Gasteiger partial charge in [-0.15, -0.1) is 0 Å². The summed E-state index contributed by atoms with van der Waals surface area (Å²) in [4.78, 5) is 43.5. The Labute approximate surface area is 198 Å². The molecular weight excluding hydrogens is 436 g/mol. The van der Waals surface area contributed by atoms with Crippen LogP contribution in [0.25, 0.3) is 0 Å². The van der Waals surface area contributed by atoms with Crippen molar-refractivity contribution in [1.82, 2.24) is 9.80 Å². The van der Waals surface area contributed by atoms with Crippen molar-refractivity contribution in [3.8, 4) is 0 Å². The summed E-state index contributed by atoms with van der Waals surface area (Å²) in [6.45, 7) is 3.84. The number of nitrogens with zero attached hydrogens (tertiary/aromatic N) is 2. The number of benzene rings is 2. The summed E-state index contributed by atoms with van der Waals surface area (Å²) in [5, 5.41) is 0. The zero-order valence-corrected chi connectivity index (χ0v) is 19.5. The van der Waals surface area contributed by atoms with Crippen LogP contribution >= 0.6 is 0 Å². The highest BCUT2D eigenvalue weighted by molar-refractivity contribution is 6.08. The Morgan fingerprint density at radius 1 is 0.971 bits per heavy atom. The minimum Gasteiger partial charge on any atom is -0.469 e. The van der Waals surface area contributed by atoms with E-state index in [2.05, 4.69) is 0 Å². The van der Waals surface area contributed by atoms with E-state index >= 15 is 0 Å². The van der Waals surface area contributed by atoms with Crippen LogP contribution in [0.2, 0.25) is 0 Å². The van der Waals surface area contributed by atoms with E-state index < -0.39 is 41.5 Å². The van der Waals surface area contributed by atoms with Gasteiger partial charge in [-0.1, -0.05) is 60.7 Å². The third kappa shape index (κ3) is 3.49. The predicted octanol–water partition coefficient (Wildman–Crippen LogP) is 3.10. The van der Waals surface area contributed by atoms with Crippen LogP contribution in [0.1, 0.15) is 31.4 Å². The first-order valence-electron chi connectivity index (χ1n) is 11.4. The molecule has 178 valence electrons. The first kappa shape index (κ1) is 22.6. The number of imide groups is 1. The minimum absolute atomic E-state index is 0.0772. The number of urea groups is 1. The van der Waals surface area contributed by atoms with Crippen LogP contribution in [0.3, 0.4) is 0 Å². The molecule has 0 bridgehead atoms. The number of carbonyl (C=O) groups is 3. The Morgan fingerprint density at radius 2 is 1.56 bits per heavy atom. The second-order valence-electron chi connectivity index (χ2n) is 9.51. The summed E-state index contributed by atoms with van der Waals surface area (Å²) >= 11 is 0. The second-order valence-corrected chi connectivity index (χ2v) is 9.51. The van der Waals surface area contributed by atoms with E-state index in [-0.39, 0.29) is 25.4 Å². The van der Waals surface area contributed by atoms with Crippen LogP contribution in [-0.2, 0) is 36.9 Å². The molecule has 1 saturated carbocycles. The molecule has 34 heavy (non-hydrogen) atoms. The summed E-state index contributed by atoms with van der Waals surface area (Å²) in [5.74, 6) is -2.60. The zero-order chi connectivity index (χ0) is 24.1. The molecule has 0 aromatic heterocycles. The average Bonchev–Trinajstić information content (AvgIpc) is 3.38. The van der Waals surface area contributed by atoms with Crippen LogP contribution in [0.15, 0.2) is 60.7 Å². The van der Waals surface area contributed by atoms with E-state index in [1.807, 2.05) is 60.7 Å². The van der Waals surface area contributed by atoms with Gasteiger partial charge in [0.2, 0.25) is 0 Å². The maximum atomic E-state index is 14.1. The molecule has 2 heterocycles. The summed E-state index contributed by atoms with van der Waals surface area (Å²) in [6.07, 6.45) is -1.42. The van der Waals surface area contributed by atoms with Crippen molar-refractivity contribution in [3.63, 3.8) is 0 Å². The summed E-state index contributed by atoms with van der Waals surface area (Å²) < 4.78 is 17.4. The van der Waals surface area contributed by atoms with Gasteiger partial charge >= 0.3 is 12.0 Å². The Morgan fingerprint density at radius 3 is 2.15 bits per heavy atom. The molecule has 0 N–H and O–H groups in total. The van der Waals surface area contributed by atoms with Crippen molar-refractivity contribution >= 4 is 17.9 Å². The molecule has 8 nitrogen and oxygen atoms in total. The van der Waals surface area contributed by atoms with Crippen molar-refractivity contribution in [2.24, 2.45) is 5.92 Å². The lowest BCUT2D eigenvalue weighted by Gasteiger charge is -2.36. The number of rotatable bonds is 5. The van der Waals surface area contributed by atoms with Gasteiger partial charge in [-0.25, -0.2) is 4.79 Å². The average molecular weight is 465 g/mol. The van der Waals surface area contributed by atoms with Gasteiger partial charge < -0.3 is 19.1 Å². The van der Waals surface area contributed by atoms with Crippen LogP contribution in [-0.4, -0.2) is 58.4 Å². The normalized spacial score (nSPS) is 29.7. The fourth-order valence-electron chi connectivity index (χ4n) is 5.49. The van der Waals surface area contributed by atoms with Crippen molar-refractivity contribution in [3.05, 3.63) is 71.8 Å². The highest BCUT2D eigenvalue weighted by Crippen LogP contribution is 2.53. The van der Waals surface area contributed by atoms with Gasteiger partial charge in [0.05, 0.1) is 19.6 Å². The lowest BCUT2D eigenvalue weighted by atomic mass is 9.91. The molecule has 3 aliphatic rings. The SMILES string of the molecule is COC(=O)[C@H]1C[C@]2(C(=O)N(Cc3ccccc3)C(=O)N2Cc2ccccc2)[C@H]2OC(C)(C)O[C@@H]12. The number of amides is 3. The van der Waals surface area contributed by atoms with E-state index in [0.29, 0.717) is 0 Å². The van der Waals surface area contributed by atoms with Gasteiger partial charge in [0.25, 0.3) is 5.91 Å². The maximum absolute atomic E-state index is 14.1. The Balaban J connectivity index is 1.60. The summed E-state index contributed by atoms with van der Waals surface area (Å²) in [7, 11) is 1.31. The van der Waals surface area contributed by atoms with E-state index in [1.54, 1.807) is 18.7 Å². The third-order valence-corrected chi connectivity index (χ3v) is 6.96. The van der Waals surface area contributed by atoms with Crippen LogP contribution < -0.4 is 0 Å². The zero-order valence-electron chi connectivity index (χ0n) is 19.5. The molecule has 4 atom stereocenters. The fourth-order valence-corrected chi connectivity index (χ4v) is 5.49. The van der Waals surface area contributed by atoms with Gasteiger partial charge in [0, 0.05) is 6.54 Å². The standard InChI is InChI=1S/C26H28N2O6/c1-25(2)33-20-19(22(29)32-3)14-26(21(20)34-25)23(30)27(15-17-10-6-4-7-11-17)24(31)28(26)16-18-12-8-5-9-13-18/h4-13,19-21H,14-16H2,1-3H3/t19-,20-,21-,26+/m0/s1. The molecule has 1 spiro atoms. The third-order valence-electron chi connectivity index (χ3n) is 6.96. The van der Waals surface area contributed by atoms with E-state index in [0.717, 1.165) is 11.1 Å². The summed E-state index contributed by atoms with van der Waals surface area (Å²) in [6, 6.07) is 18.5. The molecular formula is C26H28N2O6. The smallest absolute Gasteiger partial charge is 0.328 e. The number of methoxy groups -OCH3 is 1. The first-order chi connectivity index (χ1) is 16.3. The largest absolute Gasteiger partial charge is 0.469 e. The minimum atomic E-state index is -1.38. The van der Waals surface area contributed by atoms with Crippen LogP contribution in [0.4, 0.5) is 4.79 Å². The van der Waals surface area contributed by atoms with Gasteiger partial charge in [-0.2, -0.15) is 0 Å². The summed E-state index contributed by atoms with van der Waals surface area (Å²) in [5.41, 5.74) is 0.337. The molecule has 5 rings (SSSR count). The van der Waals surface area contributed by atoms with Crippen molar-refractivity contribution in [2.45, 2.75) is 56.9 Å². The van der Waals surface area contributed by atoms with Gasteiger partial charge in [-0.05, 0) is 31.4 Å². The predicted molar refractivity (Wildman–Crippen MR) is 121 cm³/mol. The number of esters is 1. The molecule has 2 aliphatic heterocycles. The number of hydrogen-bond acceptors (Lipinski definition) is 6. The molecule has 0 radical (unpaired) electrons. The molecule has 2 aromatic rings. The molecule has 2 saturated heterocycles. The molecule has 0 unspecified atom stereocenters. The van der Waals surface area contributed by atoms with E-state index in [4.69, 9.17) is 14.2 Å². The fraction of sp³-hybridized carbons (Fsp3) is 0.423. The molecule has 8 heteroatoms. The quantitative estimate of drug-likeness (QED) is 0.499. The Kier molecular flexibility index (Phi) is 5.45. The lowest BCUT2D eigenvalue weighted by molar-refractivity contribution is -0.178. The van der Waals surface area contributed by atoms with Gasteiger partial charge in [0.1, 0.15) is 12.2 Å². The maximum Gasteiger partial charge on any atom is 0.328 e. The molecule has 3 fully saturated rings.